The van der Waals surface area contributed by atoms with Gasteiger partial charge in [0.1, 0.15) is 11.4 Å². The van der Waals surface area contributed by atoms with Gasteiger partial charge in [0.25, 0.3) is 0 Å². The van der Waals surface area contributed by atoms with Crippen LogP contribution in [0.4, 0.5) is 0 Å². The van der Waals surface area contributed by atoms with Crippen LogP contribution in [0.2, 0.25) is 0 Å². The summed E-state index contributed by atoms with van der Waals surface area (Å²) in [6, 6.07) is 12.1. The number of aryl methyl sites for hydroxylation is 2. The second-order valence-electron chi connectivity index (χ2n) is 6.68. The molecule has 3 aromatic rings. The molecule has 4 rings (SSSR count). The van der Waals surface area contributed by atoms with Crippen LogP contribution in [0, 0.1) is 5.92 Å². The molecule has 6 nitrogen and oxygen atoms in total. The minimum Gasteiger partial charge on any atom is -0.293 e. The van der Waals surface area contributed by atoms with Crippen molar-refractivity contribution in [3.63, 3.8) is 0 Å². The number of ketones is 1. The quantitative estimate of drug-likeness (QED) is 0.673. The third-order valence-electron chi connectivity index (χ3n) is 4.53. The second kappa shape index (κ2) is 6.63. The molecule has 1 fully saturated rings. The number of carbonyl (C=O) groups is 1. The molecule has 0 aliphatic heterocycles. The lowest BCUT2D eigenvalue weighted by Crippen LogP contribution is -2.06. The van der Waals surface area contributed by atoms with Gasteiger partial charge in [0.15, 0.2) is 17.4 Å². The molecule has 0 bridgehead atoms. The van der Waals surface area contributed by atoms with E-state index in [1.807, 2.05) is 22.9 Å². The summed E-state index contributed by atoms with van der Waals surface area (Å²) in [6.45, 7) is 2.26. The Morgan fingerprint density at radius 3 is 2.76 bits per heavy atom. The zero-order valence-electron chi connectivity index (χ0n) is 14.3. The zero-order valence-corrected chi connectivity index (χ0v) is 14.3. The molecule has 2 heterocycles. The van der Waals surface area contributed by atoms with Crippen molar-refractivity contribution in [1.82, 2.24) is 25.0 Å². The number of aromatic amines is 1. The Morgan fingerprint density at radius 2 is 2.08 bits per heavy atom. The van der Waals surface area contributed by atoms with E-state index in [1.165, 1.54) is 25.3 Å². The Balaban J connectivity index is 1.60. The van der Waals surface area contributed by atoms with E-state index in [0.717, 1.165) is 37.0 Å². The topological polar surface area (TPSA) is 76.5 Å². The molecule has 0 atom stereocenters. The molecule has 128 valence electrons. The Labute approximate surface area is 146 Å². The fraction of sp³-hybridized carbons (Fsp3) is 0.368. The van der Waals surface area contributed by atoms with E-state index in [0.29, 0.717) is 11.4 Å². The van der Waals surface area contributed by atoms with E-state index < -0.39 is 0 Å². The molecule has 0 amide bonds. The molecule has 25 heavy (non-hydrogen) atoms. The predicted molar refractivity (Wildman–Crippen MR) is 94.2 cm³/mol. The Morgan fingerprint density at radius 1 is 1.28 bits per heavy atom. The summed E-state index contributed by atoms with van der Waals surface area (Å²) in [7, 11) is 0. The van der Waals surface area contributed by atoms with Gasteiger partial charge in [-0.15, -0.1) is 0 Å². The van der Waals surface area contributed by atoms with Gasteiger partial charge in [-0.2, -0.15) is 10.2 Å². The molecule has 1 aliphatic carbocycles. The number of rotatable bonds is 7. The van der Waals surface area contributed by atoms with E-state index in [1.54, 1.807) is 6.07 Å². The van der Waals surface area contributed by atoms with Crippen LogP contribution in [0.25, 0.3) is 11.5 Å². The van der Waals surface area contributed by atoms with Crippen molar-refractivity contribution >= 4 is 5.78 Å². The van der Waals surface area contributed by atoms with E-state index in [9.17, 15) is 4.79 Å². The van der Waals surface area contributed by atoms with Gasteiger partial charge >= 0.3 is 0 Å². The summed E-state index contributed by atoms with van der Waals surface area (Å²) < 4.78 is 1.92. The highest BCUT2D eigenvalue weighted by Gasteiger charge is 2.25. The third kappa shape index (κ3) is 3.68. The van der Waals surface area contributed by atoms with Gasteiger partial charge in [-0.05, 0) is 36.8 Å². The van der Waals surface area contributed by atoms with Gasteiger partial charge in [-0.3, -0.25) is 9.89 Å². The first-order chi connectivity index (χ1) is 12.2. The first kappa shape index (κ1) is 15.7. The molecule has 1 aromatic carbocycles. The van der Waals surface area contributed by atoms with Gasteiger partial charge in [0, 0.05) is 19.9 Å². The first-order valence-electron chi connectivity index (χ1n) is 8.73. The molecule has 1 saturated carbocycles. The largest absolute Gasteiger partial charge is 0.293 e. The Hall–Kier alpha value is -2.76. The SMILES string of the molecule is CC(=O)c1cc(-c2nc(CC3CC3)nn2CCc2ccccc2)n[nH]1. The predicted octanol–water partition coefficient (Wildman–Crippen LogP) is 3.07. The number of nitrogens with zero attached hydrogens (tertiary/aromatic N) is 4. The van der Waals surface area contributed by atoms with Crippen molar-refractivity contribution < 1.29 is 4.79 Å². The van der Waals surface area contributed by atoms with Crippen LogP contribution < -0.4 is 0 Å². The van der Waals surface area contributed by atoms with E-state index >= 15 is 0 Å². The molecule has 1 N–H and O–H groups in total. The number of nitrogens with one attached hydrogen (secondary N) is 1. The monoisotopic (exact) mass is 335 g/mol. The van der Waals surface area contributed by atoms with Crippen molar-refractivity contribution in [3.8, 4) is 11.5 Å². The zero-order chi connectivity index (χ0) is 17.2. The van der Waals surface area contributed by atoms with Crippen molar-refractivity contribution in [2.75, 3.05) is 0 Å². The maximum Gasteiger partial charge on any atom is 0.178 e. The van der Waals surface area contributed by atoms with Crippen LogP contribution in [0.1, 0.15) is 41.6 Å². The van der Waals surface area contributed by atoms with E-state index in [-0.39, 0.29) is 5.78 Å². The lowest BCUT2D eigenvalue weighted by atomic mass is 10.1. The molecule has 1 aliphatic rings. The molecule has 0 unspecified atom stereocenters. The summed E-state index contributed by atoms with van der Waals surface area (Å²) >= 11 is 0. The average molecular weight is 335 g/mol. The summed E-state index contributed by atoms with van der Waals surface area (Å²) in [5, 5.41) is 11.8. The van der Waals surface area contributed by atoms with E-state index in [2.05, 4.69) is 22.3 Å². The van der Waals surface area contributed by atoms with Gasteiger partial charge in [-0.25, -0.2) is 9.67 Å². The lowest BCUT2D eigenvalue weighted by Gasteiger charge is -2.04. The van der Waals surface area contributed by atoms with Crippen molar-refractivity contribution in [2.45, 2.75) is 39.2 Å². The fourth-order valence-electron chi connectivity index (χ4n) is 2.90. The summed E-state index contributed by atoms with van der Waals surface area (Å²) in [4.78, 5) is 16.2. The minimum absolute atomic E-state index is 0.0349. The number of hydrogen-bond acceptors (Lipinski definition) is 4. The molecule has 2 aromatic heterocycles. The molecule has 0 radical (unpaired) electrons. The second-order valence-corrected chi connectivity index (χ2v) is 6.68. The average Bonchev–Trinajstić information content (AvgIpc) is 3.13. The normalized spacial score (nSPS) is 14.0. The number of hydrogen-bond donors (Lipinski definition) is 1. The van der Waals surface area contributed by atoms with Crippen LogP contribution in [-0.2, 0) is 19.4 Å². The van der Waals surface area contributed by atoms with E-state index in [4.69, 9.17) is 10.1 Å². The van der Waals surface area contributed by atoms with Crippen molar-refractivity contribution in [3.05, 3.63) is 53.5 Å². The van der Waals surface area contributed by atoms with Crippen molar-refractivity contribution in [2.24, 2.45) is 5.92 Å². The highest BCUT2D eigenvalue weighted by Crippen LogP contribution is 2.32. The van der Waals surface area contributed by atoms with Crippen LogP contribution >= 0.6 is 0 Å². The van der Waals surface area contributed by atoms with Crippen LogP contribution in [0.5, 0.6) is 0 Å². The molecular formula is C19H21N5O. The Bertz CT molecular complexity index is 876. The van der Waals surface area contributed by atoms with Crippen LogP contribution in [0.15, 0.2) is 36.4 Å². The number of aromatic nitrogens is 5. The molecule has 0 saturated heterocycles. The summed E-state index contributed by atoms with van der Waals surface area (Å²) in [5.74, 6) is 2.30. The van der Waals surface area contributed by atoms with Gasteiger partial charge in [-0.1, -0.05) is 30.3 Å². The molecule has 6 heteroatoms. The number of H-pyrrole nitrogens is 1. The smallest absolute Gasteiger partial charge is 0.178 e. The standard InChI is InChI=1S/C19H21N5O/c1-13(25)16-12-17(22-21-16)19-20-18(11-15-7-8-15)23-24(19)10-9-14-5-3-2-4-6-14/h2-6,12,15H,7-11H2,1H3,(H,21,22). The summed E-state index contributed by atoms with van der Waals surface area (Å²) in [5.41, 5.74) is 2.43. The number of Topliss-reactive ketones (excluding diaryl/α,β-unsaturated/α-hetero) is 1. The molecular weight excluding hydrogens is 314 g/mol. The van der Waals surface area contributed by atoms with Gasteiger partial charge in [0.05, 0.1) is 0 Å². The number of benzene rings is 1. The minimum atomic E-state index is -0.0349. The lowest BCUT2D eigenvalue weighted by molar-refractivity contribution is 0.101. The maximum absolute atomic E-state index is 11.5. The molecule has 0 spiro atoms. The van der Waals surface area contributed by atoms with Gasteiger partial charge in [0.2, 0.25) is 0 Å². The van der Waals surface area contributed by atoms with Crippen LogP contribution in [0.3, 0.4) is 0 Å². The highest BCUT2D eigenvalue weighted by molar-refractivity contribution is 5.92. The first-order valence-corrected chi connectivity index (χ1v) is 8.73. The van der Waals surface area contributed by atoms with Crippen LogP contribution in [-0.4, -0.2) is 30.7 Å². The fourth-order valence-corrected chi connectivity index (χ4v) is 2.90. The summed E-state index contributed by atoms with van der Waals surface area (Å²) in [6.07, 6.45) is 4.34. The maximum atomic E-state index is 11.5. The highest BCUT2D eigenvalue weighted by atomic mass is 16.1. The van der Waals surface area contributed by atoms with Crippen molar-refractivity contribution in [1.29, 1.82) is 0 Å². The number of carbonyl (C=O) groups excluding carboxylic acids is 1. The Kier molecular flexibility index (Phi) is 4.17. The third-order valence-corrected chi connectivity index (χ3v) is 4.53. The van der Waals surface area contributed by atoms with Gasteiger partial charge < -0.3 is 0 Å².